The van der Waals surface area contributed by atoms with Gasteiger partial charge in [0.2, 0.25) is 0 Å². The van der Waals surface area contributed by atoms with Crippen LogP contribution < -0.4 is 0 Å². The normalized spacial score (nSPS) is 11.5. The van der Waals surface area contributed by atoms with Crippen LogP contribution in [0.15, 0.2) is 53.1 Å². The van der Waals surface area contributed by atoms with Crippen molar-refractivity contribution in [2.75, 3.05) is 6.61 Å². The minimum Gasteiger partial charge on any atom is -0.466 e. The first-order valence-corrected chi connectivity index (χ1v) is 14.5. The van der Waals surface area contributed by atoms with Crippen molar-refractivity contribution >= 4 is 66.0 Å². The van der Waals surface area contributed by atoms with Crippen LogP contribution in [0.25, 0.3) is 42.8 Å². The van der Waals surface area contributed by atoms with Crippen LogP contribution in [0.4, 0.5) is 0 Å². The van der Waals surface area contributed by atoms with Gasteiger partial charge >= 0.3 is 5.97 Å². The van der Waals surface area contributed by atoms with Gasteiger partial charge in [-0.05, 0) is 104 Å². The van der Waals surface area contributed by atoms with Gasteiger partial charge < -0.3 is 9.84 Å². The Balaban J connectivity index is 0.000000648. The van der Waals surface area contributed by atoms with Crippen molar-refractivity contribution in [1.82, 2.24) is 14.8 Å². The highest BCUT2D eigenvalue weighted by atomic mass is 79.9. The maximum Gasteiger partial charge on any atom is 0.310 e. The summed E-state index contributed by atoms with van der Waals surface area (Å²) in [6, 6.07) is 16.0. The van der Waals surface area contributed by atoms with E-state index in [1.54, 1.807) is 32.1 Å². The van der Waals surface area contributed by atoms with E-state index in [0.29, 0.717) is 11.6 Å². The van der Waals surface area contributed by atoms with Crippen LogP contribution in [0, 0.1) is 6.92 Å². The number of esters is 1. The molecule has 3 aromatic carbocycles. The lowest BCUT2D eigenvalue weighted by molar-refractivity contribution is -0.142. The van der Waals surface area contributed by atoms with Crippen molar-refractivity contribution in [2.45, 2.75) is 46.6 Å². The second-order valence-corrected chi connectivity index (χ2v) is 12.4. The number of fused-ring (bicyclic) bond motifs is 2. The number of carbonyl (C=O) groups excluding carboxylic acids is 1. The van der Waals surface area contributed by atoms with E-state index in [2.05, 4.69) is 45.3 Å². The number of aryl methyl sites for hydroxylation is 2. The van der Waals surface area contributed by atoms with Crippen molar-refractivity contribution in [2.24, 2.45) is 7.05 Å². The van der Waals surface area contributed by atoms with Crippen LogP contribution in [0.5, 0.6) is 0 Å². The van der Waals surface area contributed by atoms with E-state index in [9.17, 15) is 4.79 Å². The fraction of sp³-hybridized carbons (Fsp3) is 0.300. The Bertz CT molecular complexity index is 1650. The summed E-state index contributed by atoms with van der Waals surface area (Å²) < 4.78 is 8.96. The molecule has 0 fully saturated rings. The highest BCUT2D eigenvalue weighted by molar-refractivity contribution is 9.10. The van der Waals surface area contributed by atoms with E-state index < -0.39 is 5.60 Å². The number of benzene rings is 3. The average Bonchev–Trinajstić information content (AvgIpc) is 3.39. The molecule has 204 valence electrons. The van der Waals surface area contributed by atoms with Gasteiger partial charge in [-0.2, -0.15) is 5.10 Å². The monoisotopic (exact) mass is 627 g/mol. The van der Waals surface area contributed by atoms with Crippen molar-refractivity contribution in [3.63, 3.8) is 0 Å². The third kappa shape index (κ3) is 6.87. The minimum absolute atomic E-state index is 0.204. The third-order valence-electron chi connectivity index (χ3n) is 5.82. The maximum absolute atomic E-state index is 12.5. The van der Waals surface area contributed by atoms with E-state index in [1.165, 1.54) is 0 Å². The number of halogens is 2. The van der Waals surface area contributed by atoms with E-state index >= 15 is 0 Å². The number of nitrogens with zero attached hydrogens (tertiary/aromatic N) is 3. The summed E-state index contributed by atoms with van der Waals surface area (Å²) in [5, 5.41) is 15.6. The fourth-order valence-electron chi connectivity index (χ4n) is 4.22. The molecule has 0 aliphatic carbocycles. The number of hydrogen-bond donors (Lipinski definition) is 1. The first-order chi connectivity index (χ1) is 18.4. The van der Waals surface area contributed by atoms with Gasteiger partial charge in [0.05, 0.1) is 34.4 Å². The molecule has 2 heterocycles. The summed E-state index contributed by atoms with van der Waals surface area (Å²) in [5.74, 6) is -0.239. The first kappa shape index (κ1) is 29.2. The number of rotatable bonds is 5. The van der Waals surface area contributed by atoms with Crippen molar-refractivity contribution in [1.29, 1.82) is 0 Å². The molecule has 0 amide bonds. The zero-order chi connectivity index (χ0) is 28.5. The maximum atomic E-state index is 12.5. The molecule has 0 aliphatic rings. The predicted octanol–water partition coefficient (Wildman–Crippen LogP) is 8.12. The van der Waals surface area contributed by atoms with Gasteiger partial charge in [-0.25, -0.2) is 4.98 Å². The molecular formula is C30H31BrClN3O3S. The number of thiazole rings is 1. The zero-order valence-corrected chi connectivity index (χ0v) is 26.0. The third-order valence-corrected chi connectivity index (χ3v) is 7.80. The van der Waals surface area contributed by atoms with E-state index in [4.69, 9.17) is 26.4 Å². The van der Waals surface area contributed by atoms with Crippen LogP contribution in [0.1, 0.15) is 38.8 Å². The Kier molecular flexibility index (Phi) is 8.81. The molecule has 0 aliphatic heterocycles. The molecule has 0 spiro atoms. The van der Waals surface area contributed by atoms with Gasteiger partial charge in [0.15, 0.2) is 0 Å². The second-order valence-electron chi connectivity index (χ2n) is 10.2. The molecule has 0 saturated heterocycles. The largest absolute Gasteiger partial charge is 0.466 e. The lowest BCUT2D eigenvalue weighted by Gasteiger charge is -2.14. The van der Waals surface area contributed by atoms with Gasteiger partial charge in [0.1, 0.15) is 9.61 Å². The Labute approximate surface area is 245 Å². The van der Waals surface area contributed by atoms with Crippen LogP contribution in [0.3, 0.4) is 0 Å². The number of aromatic nitrogens is 3. The Morgan fingerprint density at radius 2 is 1.77 bits per heavy atom. The van der Waals surface area contributed by atoms with Crippen LogP contribution in [-0.4, -0.2) is 38.0 Å². The smallest absolute Gasteiger partial charge is 0.310 e. The van der Waals surface area contributed by atoms with Gasteiger partial charge in [-0.1, -0.05) is 23.7 Å². The Hall–Kier alpha value is -2.78. The molecule has 2 aromatic heterocycles. The highest BCUT2D eigenvalue weighted by Gasteiger charge is 2.20. The predicted molar refractivity (Wildman–Crippen MR) is 165 cm³/mol. The standard InChI is InChI=1S/C26H21BrClN3O2S.C4H10O/c1-4-33-22(32)13-18-14(2)11-20-24(23(18)15-5-8-17(28)9-6-15)34-26(29-20)16-7-10-21-19(12-16)25(27)30-31(21)3;1-4(2,3)5/h5-12H,4,13H2,1-3H3;5H,1-3H3. The number of ether oxygens (including phenoxy) is 1. The molecule has 0 saturated carbocycles. The summed E-state index contributed by atoms with van der Waals surface area (Å²) in [4.78, 5) is 17.4. The topological polar surface area (TPSA) is 77.2 Å². The van der Waals surface area contributed by atoms with Gasteiger partial charge in [0, 0.05) is 28.6 Å². The van der Waals surface area contributed by atoms with Gasteiger partial charge in [0.25, 0.3) is 0 Å². The lowest BCUT2D eigenvalue weighted by atomic mass is 9.93. The summed E-state index contributed by atoms with van der Waals surface area (Å²) in [5.41, 5.74) is 6.44. The summed E-state index contributed by atoms with van der Waals surface area (Å²) in [6.07, 6.45) is 0.204. The summed E-state index contributed by atoms with van der Waals surface area (Å²) in [7, 11) is 1.93. The highest BCUT2D eigenvalue weighted by Crippen LogP contribution is 2.41. The van der Waals surface area contributed by atoms with Crippen molar-refractivity contribution in [3.05, 3.63) is 69.3 Å². The van der Waals surface area contributed by atoms with Crippen molar-refractivity contribution < 1.29 is 14.6 Å². The first-order valence-electron chi connectivity index (χ1n) is 12.5. The van der Waals surface area contributed by atoms with Crippen molar-refractivity contribution in [3.8, 4) is 21.7 Å². The SMILES string of the molecule is CC(C)(C)O.CCOC(=O)Cc1c(C)cc2nc(-c3ccc4c(c3)c(Br)nn4C)sc2c1-c1ccc(Cl)cc1. The zero-order valence-electron chi connectivity index (χ0n) is 22.8. The van der Waals surface area contributed by atoms with E-state index in [0.717, 1.165) is 58.5 Å². The van der Waals surface area contributed by atoms with Crippen LogP contribution in [0.2, 0.25) is 5.02 Å². The number of hydrogen-bond acceptors (Lipinski definition) is 6. The molecule has 0 unspecified atom stereocenters. The molecule has 5 rings (SSSR count). The molecule has 0 radical (unpaired) electrons. The fourth-order valence-corrected chi connectivity index (χ4v) is 6.04. The number of aliphatic hydroxyl groups is 1. The number of carbonyl (C=O) groups is 1. The molecule has 1 N–H and O–H groups in total. The molecule has 0 bridgehead atoms. The average molecular weight is 629 g/mol. The summed E-state index contributed by atoms with van der Waals surface area (Å²) >= 11 is 11.3. The lowest BCUT2D eigenvalue weighted by Crippen LogP contribution is -2.10. The van der Waals surface area contributed by atoms with Crippen LogP contribution >= 0.6 is 38.9 Å². The molecule has 5 aromatic rings. The molecular weight excluding hydrogens is 598 g/mol. The van der Waals surface area contributed by atoms with E-state index in [1.807, 2.05) is 49.8 Å². The molecule has 9 heteroatoms. The Morgan fingerprint density at radius 3 is 2.41 bits per heavy atom. The van der Waals surface area contributed by atoms with Gasteiger partial charge in [-0.3, -0.25) is 9.48 Å². The summed E-state index contributed by atoms with van der Waals surface area (Å²) in [6.45, 7) is 9.42. The molecule has 6 nitrogen and oxygen atoms in total. The van der Waals surface area contributed by atoms with Gasteiger partial charge in [-0.15, -0.1) is 11.3 Å². The van der Waals surface area contributed by atoms with E-state index in [-0.39, 0.29) is 12.4 Å². The Morgan fingerprint density at radius 1 is 1.13 bits per heavy atom. The second kappa shape index (κ2) is 11.8. The minimum atomic E-state index is -0.500. The molecule has 0 atom stereocenters. The van der Waals surface area contributed by atoms with Crippen LogP contribution in [-0.2, 0) is 23.0 Å². The quantitative estimate of drug-likeness (QED) is 0.199. The molecule has 39 heavy (non-hydrogen) atoms.